The van der Waals surface area contributed by atoms with E-state index in [-0.39, 0.29) is 5.91 Å². The van der Waals surface area contributed by atoms with Gasteiger partial charge < -0.3 is 15.8 Å². The Labute approximate surface area is 132 Å². The number of thioether (sulfide) groups is 1. The molecule has 110 valence electrons. The highest BCUT2D eigenvalue weighted by molar-refractivity contribution is 8.00. The summed E-state index contributed by atoms with van der Waals surface area (Å²) in [6.07, 6.45) is 0. The van der Waals surface area contributed by atoms with Crippen LogP contribution in [0.5, 0.6) is 5.75 Å². The van der Waals surface area contributed by atoms with E-state index in [0.29, 0.717) is 16.5 Å². The highest BCUT2D eigenvalue weighted by Gasteiger charge is 2.05. The van der Waals surface area contributed by atoms with E-state index >= 15 is 0 Å². The van der Waals surface area contributed by atoms with Gasteiger partial charge in [0.05, 0.1) is 23.6 Å². The smallest absolute Gasteiger partial charge is 0.234 e. The van der Waals surface area contributed by atoms with Crippen LogP contribution in [0.2, 0.25) is 5.02 Å². The number of benzene rings is 2. The summed E-state index contributed by atoms with van der Waals surface area (Å²) in [5.41, 5.74) is 6.90. The average molecular weight is 323 g/mol. The van der Waals surface area contributed by atoms with Crippen molar-refractivity contribution in [2.75, 3.05) is 23.9 Å². The fourth-order valence-corrected chi connectivity index (χ4v) is 2.60. The molecule has 0 unspecified atom stereocenters. The monoisotopic (exact) mass is 322 g/mol. The van der Waals surface area contributed by atoms with Crippen molar-refractivity contribution in [3.63, 3.8) is 0 Å². The van der Waals surface area contributed by atoms with E-state index < -0.39 is 0 Å². The molecule has 0 aliphatic rings. The molecule has 0 atom stereocenters. The first-order valence-electron chi connectivity index (χ1n) is 6.20. The molecule has 3 N–H and O–H groups in total. The minimum Gasteiger partial charge on any atom is -0.497 e. The molecule has 0 bridgehead atoms. The topological polar surface area (TPSA) is 64.3 Å². The van der Waals surface area contributed by atoms with Gasteiger partial charge in [-0.1, -0.05) is 11.6 Å². The Bertz CT molecular complexity index is 632. The zero-order valence-corrected chi connectivity index (χ0v) is 13.0. The van der Waals surface area contributed by atoms with Crippen molar-refractivity contribution < 1.29 is 9.53 Å². The van der Waals surface area contributed by atoms with Gasteiger partial charge in [-0.3, -0.25) is 4.79 Å². The van der Waals surface area contributed by atoms with Gasteiger partial charge >= 0.3 is 0 Å². The summed E-state index contributed by atoms with van der Waals surface area (Å²) >= 11 is 7.34. The fraction of sp³-hybridized carbons (Fsp3) is 0.133. The van der Waals surface area contributed by atoms with Crippen molar-refractivity contribution in [1.29, 1.82) is 0 Å². The zero-order chi connectivity index (χ0) is 15.2. The van der Waals surface area contributed by atoms with Crippen molar-refractivity contribution >= 4 is 40.6 Å². The second-order valence-electron chi connectivity index (χ2n) is 4.25. The molecular weight excluding hydrogens is 308 g/mol. The third kappa shape index (κ3) is 4.58. The summed E-state index contributed by atoms with van der Waals surface area (Å²) in [6, 6.07) is 12.5. The molecule has 6 heteroatoms. The molecule has 0 radical (unpaired) electrons. The first-order valence-corrected chi connectivity index (χ1v) is 7.56. The number of nitrogens with one attached hydrogen (secondary N) is 1. The largest absolute Gasteiger partial charge is 0.497 e. The van der Waals surface area contributed by atoms with Crippen molar-refractivity contribution in [3.8, 4) is 5.75 Å². The predicted molar refractivity (Wildman–Crippen MR) is 88.2 cm³/mol. The lowest BCUT2D eigenvalue weighted by Gasteiger charge is -2.07. The number of nitrogen functional groups attached to an aromatic ring is 1. The van der Waals surface area contributed by atoms with Gasteiger partial charge in [0.2, 0.25) is 5.91 Å². The molecule has 0 aliphatic carbocycles. The Kier molecular flexibility index (Phi) is 5.36. The van der Waals surface area contributed by atoms with E-state index in [0.717, 1.165) is 16.3 Å². The highest BCUT2D eigenvalue weighted by Crippen LogP contribution is 2.26. The van der Waals surface area contributed by atoms with Crippen LogP contribution in [0.4, 0.5) is 11.4 Å². The number of amides is 1. The molecule has 0 aromatic heterocycles. The summed E-state index contributed by atoms with van der Waals surface area (Å²) in [5.74, 6) is 0.962. The first-order chi connectivity index (χ1) is 10.1. The Balaban J connectivity index is 1.87. The molecule has 2 aromatic rings. The van der Waals surface area contributed by atoms with Crippen molar-refractivity contribution in [2.24, 2.45) is 0 Å². The van der Waals surface area contributed by atoms with Gasteiger partial charge in [-0.15, -0.1) is 11.8 Å². The number of hydrogen-bond donors (Lipinski definition) is 2. The molecule has 1 amide bonds. The lowest BCUT2D eigenvalue weighted by Crippen LogP contribution is -2.13. The van der Waals surface area contributed by atoms with Gasteiger partial charge in [0.1, 0.15) is 5.75 Å². The number of nitrogens with two attached hydrogens (primary N) is 1. The number of halogens is 1. The van der Waals surface area contributed by atoms with E-state index in [2.05, 4.69) is 5.32 Å². The van der Waals surface area contributed by atoms with E-state index in [4.69, 9.17) is 22.1 Å². The van der Waals surface area contributed by atoms with Crippen molar-refractivity contribution in [2.45, 2.75) is 4.90 Å². The Hall–Kier alpha value is -1.85. The number of ether oxygens (including phenoxy) is 1. The molecule has 0 saturated carbocycles. The lowest BCUT2D eigenvalue weighted by atomic mass is 10.3. The molecule has 2 aromatic carbocycles. The van der Waals surface area contributed by atoms with Gasteiger partial charge in [-0.05, 0) is 42.5 Å². The molecule has 0 heterocycles. The van der Waals surface area contributed by atoms with Crippen LogP contribution in [0.25, 0.3) is 0 Å². The molecule has 4 nitrogen and oxygen atoms in total. The third-order valence-electron chi connectivity index (χ3n) is 2.72. The normalized spacial score (nSPS) is 10.2. The van der Waals surface area contributed by atoms with E-state index in [1.54, 1.807) is 43.5 Å². The Morgan fingerprint density at radius 2 is 2.00 bits per heavy atom. The van der Waals surface area contributed by atoms with E-state index in [9.17, 15) is 4.79 Å². The van der Waals surface area contributed by atoms with Crippen LogP contribution in [0, 0.1) is 0 Å². The van der Waals surface area contributed by atoms with Crippen LogP contribution in [0.1, 0.15) is 0 Å². The molecule has 2 rings (SSSR count). The van der Waals surface area contributed by atoms with Crippen LogP contribution >= 0.6 is 23.4 Å². The first kappa shape index (κ1) is 15.5. The van der Waals surface area contributed by atoms with Gasteiger partial charge in [-0.25, -0.2) is 0 Å². The van der Waals surface area contributed by atoms with Gasteiger partial charge in [-0.2, -0.15) is 0 Å². The van der Waals surface area contributed by atoms with Gasteiger partial charge in [0, 0.05) is 10.6 Å². The summed E-state index contributed by atoms with van der Waals surface area (Å²) < 4.78 is 5.06. The maximum atomic E-state index is 11.9. The quantitative estimate of drug-likeness (QED) is 0.651. The van der Waals surface area contributed by atoms with E-state index in [1.807, 2.05) is 6.07 Å². The number of methoxy groups -OCH3 is 1. The summed E-state index contributed by atoms with van der Waals surface area (Å²) in [6.45, 7) is 0. The zero-order valence-electron chi connectivity index (χ0n) is 11.4. The molecule has 0 spiro atoms. The summed E-state index contributed by atoms with van der Waals surface area (Å²) in [7, 11) is 1.60. The average Bonchev–Trinajstić information content (AvgIpc) is 2.49. The van der Waals surface area contributed by atoms with Crippen LogP contribution in [0.3, 0.4) is 0 Å². The minimum absolute atomic E-state index is 0.0851. The van der Waals surface area contributed by atoms with Crippen LogP contribution in [-0.4, -0.2) is 18.8 Å². The fourth-order valence-electron chi connectivity index (χ4n) is 1.62. The molecule has 0 fully saturated rings. The molecule has 0 saturated heterocycles. The maximum Gasteiger partial charge on any atom is 0.234 e. The molecular formula is C15H15ClN2O2S. The molecule has 0 aliphatic heterocycles. The summed E-state index contributed by atoms with van der Waals surface area (Å²) in [5, 5.41) is 3.31. The summed E-state index contributed by atoms with van der Waals surface area (Å²) in [4.78, 5) is 12.8. The van der Waals surface area contributed by atoms with Crippen molar-refractivity contribution in [3.05, 3.63) is 47.5 Å². The lowest BCUT2D eigenvalue weighted by molar-refractivity contribution is -0.113. The van der Waals surface area contributed by atoms with Gasteiger partial charge in [0.15, 0.2) is 0 Å². The molecule has 21 heavy (non-hydrogen) atoms. The number of rotatable bonds is 5. The van der Waals surface area contributed by atoms with E-state index in [1.165, 1.54) is 11.8 Å². The number of carbonyl (C=O) groups excluding carboxylic acids is 1. The second kappa shape index (κ2) is 7.24. The van der Waals surface area contributed by atoms with Crippen LogP contribution in [-0.2, 0) is 4.79 Å². The highest BCUT2D eigenvalue weighted by atomic mass is 35.5. The second-order valence-corrected chi connectivity index (χ2v) is 5.70. The maximum absolute atomic E-state index is 11.9. The number of hydrogen-bond acceptors (Lipinski definition) is 4. The Morgan fingerprint density at radius 3 is 2.62 bits per heavy atom. The number of anilines is 2. The van der Waals surface area contributed by atoms with Gasteiger partial charge in [0.25, 0.3) is 0 Å². The van der Waals surface area contributed by atoms with Crippen molar-refractivity contribution in [1.82, 2.24) is 0 Å². The predicted octanol–water partition coefficient (Wildman–Crippen LogP) is 3.66. The van der Waals surface area contributed by atoms with Crippen LogP contribution < -0.4 is 15.8 Å². The SMILES string of the molecule is COc1ccc(NC(=O)CSc2ccc(N)c(Cl)c2)cc1. The minimum atomic E-state index is -0.0851. The Morgan fingerprint density at radius 1 is 1.29 bits per heavy atom. The van der Waals surface area contributed by atoms with Crippen LogP contribution in [0.15, 0.2) is 47.4 Å². The number of carbonyl (C=O) groups is 1. The third-order valence-corrected chi connectivity index (χ3v) is 4.04. The standard InChI is InChI=1S/C15H15ClN2O2S/c1-20-11-4-2-10(3-5-11)18-15(19)9-21-12-6-7-14(17)13(16)8-12/h2-8H,9,17H2,1H3,(H,18,19).